The zero-order chi connectivity index (χ0) is 17.9. The molecular formula is C19H35FIN5. The average molecular weight is 479 g/mol. The van der Waals surface area contributed by atoms with E-state index in [1.807, 2.05) is 0 Å². The number of hydrogen-bond acceptors (Lipinski definition) is 5. The first-order chi connectivity index (χ1) is 12.7. The summed E-state index contributed by atoms with van der Waals surface area (Å²) in [5.41, 5.74) is 6.92. The fourth-order valence-corrected chi connectivity index (χ4v) is 5.99. The van der Waals surface area contributed by atoms with Gasteiger partial charge in [-0.15, -0.1) is 0 Å². The second kappa shape index (κ2) is 9.31. The highest BCUT2D eigenvalue weighted by Gasteiger charge is 2.37. The van der Waals surface area contributed by atoms with E-state index >= 15 is 0 Å². The van der Waals surface area contributed by atoms with Crippen molar-refractivity contribution in [2.75, 3.05) is 45.8 Å². The van der Waals surface area contributed by atoms with Gasteiger partial charge in [-0.1, -0.05) is 22.6 Å². The van der Waals surface area contributed by atoms with Crippen molar-refractivity contribution in [3.8, 4) is 0 Å². The Morgan fingerprint density at radius 2 is 1.69 bits per heavy atom. The molecule has 3 saturated heterocycles. The number of piperidine rings is 1. The van der Waals surface area contributed by atoms with E-state index in [9.17, 15) is 4.39 Å². The molecule has 5 nitrogen and oxygen atoms in total. The highest BCUT2D eigenvalue weighted by atomic mass is 127. The van der Waals surface area contributed by atoms with Gasteiger partial charge in [0.15, 0.2) is 0 Å². The monoisotopic (exact) mass is 479 g/mol. The van der Waals surface area contributed by atoms with Crippen molar-refractivity contribution in [1.82, 2.24) is 26.0 Å². The standard InChI is InChI=1S/C19H35FIN5/c20-16-3-1-14(2-4-16)19-15(11-23-24-19)13-25-7-9-26(10-8-25)18-6-5-17(21)12-22-18/h14-19,22-24H,1-13H2. The van der Waals surface area contributed by atoms with Gasteiger partial charge in [0.25, 0.3) is 0 Å². The van der Waals surface area contributed by atoms with Crippen LogP contribution >= 0.6 is 22.6 Å². The lowest BCUT2D eigenvalue weighted by Crippen LogP contribution is -2.58. The summed E-state index contributed by atoms with van der Waals surface area (Å²) in [6.07, 6.45) is 6.32. The molecule has 4 rings (SSSR count). The number of nitrogens with zero attached hydrogens (tertiary/aromatic N) is 2. The Morgan fingerprint density at radius 3 is 2.38 bits per heavy atom. The Morgan fingerprint density at radius 1 is 0.923 bits per heavy atom. The van der Waals surface area contributed by atoms with E-state index in [0.717, 1.165) is 42.7 Å². The molecule has 0 amide bonds. The molecule has 0 spiro atoms. The lowest BCUT2D eigenvalue weighted by Gasteiger charge is -2.43. The molecule has 0 bridgehead atoms. The third-order valence-corrected chi connectivity index (χ3v) is 8.08. The third kappa shape index (κ3) is 4.89. The number of rotatable bonds is 4. The van der Waals surface area contributed by atoms with Crippen molar-refractivity contribution in [3.63, 3.8) is 0 Å². The maximum absolute atomic E-state index is 13.5. The summed E-state index contributed by atoms with van der Waals surface area (Å²) in [7, 11) is 0. The minimum Gasteiger partial charge on any atom is -0.301 e. The normalized spacial score (nSPS) is 43.6. The maximum atomic E-state index is 13.5. The Bertz CT molecular complexity index is 432. The summed E-state index contributed by atoms with van der Waals surface area (Å²) >= 11 is 2.57. The van der Waals surface area contributed by atoms with Crippen LogP contribution < -0.4 is 16.2 Å². The topological polar surface area (TPSA) is 42.6 Å². The van der Waals surface area contributed by atoms with Gasteiger partial charge >= 0.3 is 0 Å². The predicted molar refractivity (Wildman–Crippen MR) is 112 cm³/mol. The van der Waals surface area contributed by atoms with E-state index in [4.69, 9.17) is 0 Å². The Balaban J connectivity index is 1.22. The second-order valence-corrected chi connectivity index (χ2v) is 10.5. The van der Waals surface area contributed by atoms with Crippen molar-refractivity contribution in [1.29, 1.82) is 0 Å². The minimum absolute atomic E-state index is 0.529. The molecule has 150 valence electrons. The third-order valence-electron chi connectivity index (χ3n) is 7.02. The molecule has 4 unspecified atom stereocenters. The fourth-order valence-electron chi connectivity index (χ4n) is 5.38. The van der Waals surface area contributed by atoms with Crippen molar-refractivity contribution in [3.05, 3.63) is 0 Å². The Hall–Kier alpha value is 0.460. The zero-order valence-electron chi connectivity index (χ0n) is 15.8. The fraction of sp³-hybridized carbons (Fsp3) is 1.00. The molecule has 4 fully saturated rings. The number of halogens is 2. The summed E-state index contributed by atoms with van der Waals surface area (Å²) < 4.78 is 14.3. The smallest absolute Gasteiger partial charge is 0.100 e. The van der Waals surface area contributed by atoms with Crippen LogP contribution in [0.5, 0.6) is 0 Å². The van der Waals surface area contributed by atoms with E-state index in [2.05, 4.69) is 48.6 Å². The average Bonchev–Trinajstić information content (AvgIpc) is 3.12. The van der Waals surface area contributed by atoms with Crippen molar-refractivity contribution >= 4 is 22.6 Å². The van der Waals surface area contributed by atoms with E-state index < -0.39 is 6.17 Å². The van der Waals surface area contributed by atoms with Crippen LogP contribution in [0.1, 0.15) is 38.5 Å². The lowest BCUT2D eigenvalue weighted by molar-refractivity contribution is 0.0587. The molecule has 4 atom stereocenters. The van der Waals surface area contributed by atoms with Crippen LogP contribution in [0.25, 0.3) is 0 Å². The van der Waals surface area contributed by atoms with Crippen molar-refractivity contribution in [2.24, 2.45) is 11.8 Å². The summed E-state index contributed by atoms with van der Waals surface area (Å²) in [5, 5.41) is 3.73. The molecule has 4 aliphatic rings. The van der Waals surface area contributed by atoms with Crippen LogP contribution in [0.2, 0.25) is 0 Å². The number of nitrogens with one attached hydrogen (secondary N) is 3. The van der Waals surface area contributed by atoms with Crippen LogP contribution in [0.4, 0.5) is 4.39 Å². The van der Waals surface area contributed by atoms with Gasteiger partial charge in [-0.2, -0.15) is 0 Å². The second-order valence-electron chi connectivity index (χ2n) is 8.76. The van der Waals surface area contributed by atoms with Gasteiger partial charge in [-0.25, -0.2) is 4.39 Å². The highest BCUT2D eigenvalue weighted by Crippen LogP contribution is 2.32. The molecule has 0 aromatic carbocycles. The maximum Gasteiger partial charge on any atom is 0.100 e. The Labute approximate surface area is 171 Å². The van der Waals surface area contributed by atoms with Gasteiger partial charge in [0.05, 0.1) is 6.17 Å². The van der Waals surface area contributed by atoms with Gasteiger partial charge in [0, 0.05) is 61.7 Å². The molecule has 0 aromatic rings. The van der Waals surface area contributed by atoms with Gasteiger partial charge < -0.3 is 10.2 Å². The van der Waals surface area contributed by atoms with E-state index in [1.165, 1.54) is 45.6 Å². The highest BCUT2D eigenvalue weighted by molar-refractivity contribution is 14.1. The number of alkyl halides is 2. The summed E-state index contributed by atoms with van der Waals surface area (Å²) in [6, 6.07) is 0.529. The van der Waals surface area contributed by atoms with Crippen LogP contribution in [-0.4, -0.2) is 77.9 Å². The van der Waals surface area contributed by atoms with Gasteiger partial charge in [-0.05, 0) is 44.4 Å². The molecular weight excluding hydrogens is 444 g/mol. The Kier molecular flexibility index (Phi) is 7.07. The molecule has 26 heavy (non-hydrogen) atoms. The summed E-state index contributed by atoms with van der Waals surface area (Å²) in [6.45, 7) is 8.15. The zero-order valence-corrected chi connectivity index (χ0v) is 18.0. The summed E-state index contributed by atoms with van der Waals surface area (Å²) in [5.74, 6) is 1.31. The molecule has 3 aliphatic heterocycles. The molecule has 3 heterocycles. The SMILES string of the molecule is FC1CCC(C2NNCC2CN2CCN(C3CCC(I)CN3)CC2)CC1. The van der Waals surface area contributed by atoms with Crippen LogP contribution in [-0.2, 0) is 0 Å². The van der Waals surface area contributed by atoms with Crippen molar-refractivity contribution < 1.29 is 4.39 Å². The first-order valence-corrected chi connectivity index (χ1v) is 11.9. The first kappa shape index (κ1) is 19.8. The van der Waals surface area contributed by atoms with Crippen molar-refractivity contribution in [2.45, 2.75) is 60.8 Å². The molecule has 3 N–H and O–H groups in total. The predicted octanol–water partition coefficient (Wildman–Crippen LogP) is 1.74. The summed E-state index contributed by atoms with van der Waals surface area (Å²) in [4.78, 5) is 5.32. The van der Waals surface area contributed by atoms with Gasteiger partial charge in [0.2, 0.25) is 0 Å². The minimum atomic E-state index is -0.553. The molecule has 1 aliphatic carbocycles. The molecule has 1 saturated carbocycles. The first-order valence-electron chi connectivity index (χ1n) is 10.7. The quantitative estimate of drug-likeness (QED) is 0.424. The van der Waals surface area contributed by atoms with E-state index in [1.54, 1.807) is 0 Å². The van der Waals surface area contributed by atoms with E-state index in [-0.39, 0.29) is 0 Å². The van der Waals surface area contributed by atoms with E-state index in [0.29, 0.717) is 24.0 Å². The number of hydrazine groups is 1. The van der Waals surface area contributed by atoms with Crippen LogP contribution in [0.3, 0.4) is 0 Å². The van der Waals surface area contributed by atoms with Crippen LogP contribution in [0.15, 0.2) is 0 Å². The molecule has 0 radical (unpaired) electrons. The van der Waals surface area contributed by atoms with Gasteiger partial charge in [0.1, 0.15) is 6.17 Å². The molecule has 7 heteroatoms. The largest absolute Gasteiger partial charge is 0.301 e. The molecule has 0 aromatic heterocycles. The number of hydrogen-bond donors (Lipinski definition) is 3. The van der Waals surface area contributed by atoms with Crippen LogP contribution in [0, 0.1) is 11.8 Å². The van der Waals surface area contributed by atoms with Gasteiger partial charge in [-0.3, -0.25) is 15.8 Å². The number of piperazine rings is 1. The lowest BCUT2D eigenvalue weighted by atomic mass is 9.79.